The molecule has 0 saturated carbocycles. The van der Waals surface area contributed by atoms with E-state index in [-0.39, 0.29) is 18.0 Å². The molecule has 24 heavy (non-hydrogen) atoms. The Morgan fingerprint density at radius 3 is 2.54 bits per heavy atom. The lowest BCUT2D eigenvalue weighted by molar-refractivity contribution is 0.0676. The number of carbonyl (C=O) groups excluding carboxylic acids is 1. The van der Waals surface area contributed by atoms with E-state index < -0.39 is 11.8 Å². The van der Waals surface area contributed by atoms with Crippen molar-refractivity contribution in [3.05, 3.63) is 51.6 Å². The number of aryl methyl sites for hydroxylation is 2. The van der Waals surface area contributed by atoms with E-state index in [1.807, 2.05) is 6.92 Å². The molecule has 2 heterocycles. The number of halogens is 1. The SMILES string of the molecule is Cc1nn(C)c(C)c1C(=O)N1CCc2c(F)ccc(C(=O)O)c2C1. The molecule has 0 radical (unpaired) electrons. The van der Waals surface area contributed by atoms with Gasteiger partial charge in [0.1, 0.15) is 5.82 Å². The molecule has 1 amide bonds. The minimum absolute atomic E-state index is 0.0449. The van der Waals surface area contributed by atoms with Crippen LogP contribution in [0.2, 0.25) is 0 Å². The van der Waals surface area contributed by atoms with Gasteiger partial charge in [-0.2, -0.15) is 5.10 Å². The fourth-order valence-electron chi connectivity index (χ4n) is 3.25. The highest BCUT2D eigenvalue weighted by molar-refractivity contribution is 5.97. The van der Waals surface area contributed by atoms with Crippen LogP contribution in [0.1, 0.15) is 43.2 Å². The number of carbonyl (C=O) groups is 2. The first kappa shape index (κ1) is 16.2. The van der Waals surface area contributed by atoms with E-state index in [0.29, 0.717) is 35.3 Å². The maximum absolute atomic E-state index is 14.0. The van der Waals surface area contributed by atoms with Crippen LogP contribution in [0.3, 0.4) is 0 Å². The summed E-state index contributed by atoms with van der Waals surface area (Å²) in [6.07, 6.45) is 0.298. The molecule has 0 atom stereocenters. The van der Waals surface area contributed by atoms with Gasteiger partial charge in [-0.05, 0) is 43.5 Å². The van der Waals surface area contributed by atoms with E-state index in [2.05, 4.69) is 5.10 Å². The number of aromatic nitrogens is 2. The van der Waals surface area contributed by atoms with Crippen LogP contribution in [0, 0.1) is 19.7 Å². The number of hydrogen-bond acceptors (Lipinski definition) is 3. The number of nitrogens with zero attached hydrogens (tertiary/aromatic N) is 3. The molecule has 126 valence electrons. The summed E-state index contributed by atoms with van der Waals surface area (Å²) in [5.74, 6) is -1.74. The molecule has 0 saturated heterocycles. The van der Waals surface area contributed by atoms with Crippen molar-refractivity contribution in [2.75, 3.05) is 6.54 Å². The van der Waals surface area contributed by atoms with E-state index in [9.17, 15) is 19.1 Å². The molecular formula is C17H18FN3O3. The molecule has 0 spiro atoms. The number of fused-ring (bicyclic) bond motifs is 1. The summed E-state index contributed by atoms with van der Waals surface area (Å²) in [6, 6.07) is 2.43. The Morgan fingerprint density at radius 2 is 1.96 bits per heavy atom. The van der Waals surface area contributed by atoms with Crippen molar-refractivity contribution in [1.29, 1.82) is 0 Å². The van der Waals surface area contributed by atoms with Gasteiger partial charge in [-0.15, -0.1) is 0 Å². The normalized spacial score (nSPS) is 13.8. The Hall–Kier alpha value is -2.70. The molecule has 0 fully saturated rings. The molecule has 2 aromatic rings. The van der Waals surface area contributed by atoms with Crippen molar-refractivity contribution in [2.24, 2.45) is 7.05 Å². The van der Waals surface area contributed by atoms with Gasteiger partial charge in [0.05, 0.1) is 16.8 Å². The largest absolute Gasteiger partial charge is 0.478 e. The third-order valence-corrected chi connectivity index (χ3v) is 4.60. The number of hydrogen-bond donors (Lipinski definition) is 1. The van der Waals surface area contributed by atoms with E-state index in [4.69, 9.17) is 0 Å². The molecule has 1 aliphatic rings. The van der Waals surface area contributed by atoms with E-state index in [0.717, 1.165) is 5.69 Å². The summed E-state index contributed by atoms with van der Waals surface area (Å²) >= 11 is 0. The van der Waals surface area contributed by atoms with Gasteiger partial charge in [0.15, 0.2) is 0 Å². The van der Waals surface area contributed by atoms with Crippen molar-refractivity contribution >= 4 is 11.9 Å². The monoisotopic (exact) mass is 331 g/mol. The number of benzene rings is 1. The van der Waals surface area contributed by atoms with Gasteiger partial charge in [-0.3, -0.25) is 9.48 Å². The predicted molar refractivity (Wildman–Crippen MR) is 84.5 cm³/mol. The van der Waals surface area contributed by atoms with Crippen molar-refractivity contribution in [2.45, 2.75) is 26.8 Å². The third kappa shape index (κ3) is 2.46. The van der Waals surface area contributed by atoms with Crippen molar-refractivity contribution < 1.29 is 19.1 Å². The minimum Gasteiger partial charge on any atom is -0.478 e. The smallest absolute Gasteiger partial charge is 0.336 e. The summed E-state index contributed by atoms with van der Waals surface area (Å²) in [4.78, 5) is 25.8. The van der Waals surface area contributed by atoms with Gasteiger partial charge in [-0.25, -0.2) is 9.18 Å². The zero-order valence-corrected chi connectivity index (χ0v) is 13.8. The zero-order valence-electron chi connectivity index (χ0n) is 13.8. The van der Waals surface area contributed by atoms with Crippen LogP contribution in [0.25, 0.3) is 0 Å². The second-order valence-electron chi connectivity index (χ2n) is 6.00. The van der Waals surface area contributed by atoms with Crippen molar-refractivity contribution in [1.82, 2.24) is 14.7 Å². The lowest BCUT2D eigenvalue weighted by Crippen LogP contribution is -2.37. The van der Waals surface area contributed by atoms with Crippen LogP contribution in [-0.2, 0) is 20.0 Å². The minimum atomic E-state index is -1.12. The topological polar surface area (TPSA) is 75.4 Å². The molecule has 0 bridgehead atoms. The van der Waals surface area contributed by atoms with Crippen LogP contribution in [0.15, 0.2) is 12.1 Å². The summed E-state index contributed by atoms with van der Waals surface area (Å²) in [5.41, 5.74) is 2.71. The Balaban J connectivity index is 1.99. The zero-order chi connectivity index (χ0) is 17.6. The number of aromatic carboxylic acids is 1. The second kappa shape index (κ2) is 5.74. The van der Waals surface area contributed by atoms with Crippen LogP contribution in [0.4, 0.5) is 4.39 Å². The first-order valence-corrected chi connectivity index (χ1v) is 7.64. The molecule has 1 aromatic heterocycles. The summed E-state index contributed by atoms with van der Waals surface area (Å²) < 4.78 is 15.6. The van der Waals surface area contributed by atoms with Crippen LogP contribution in [-0.4, -0.2) is 38.2 Å². The van der Waals surface area contributed by atoms with E-state index >= 15 is 0 Å². The molecule has 6 nitrogen and oxygen atoms in total. The molecule has 7 heteroatoms. The molecule has 1 aromatic carbocycles. The molecule has 0 unspecified atom stereocenters. The lowest BCUT2D eigenvalue weighted by atomic mass is 9.93. The Morgan fingerprint density at radius 1 is 1.25 bits per heavy atom. The fourth-order valence-corrected chi connectivity index (χ4v) is 3.25. The quantitative estimate of drug-likeness (QED) is 0.914. The summed E-state index contributed by atoms with van der Waals surface area (Å²) in [5, 5.41) is 13.6. The summed E-state index contributed by atoms with van der Waals surface area (Å²) in [6.45, 7) is 4.01. The Bertz CT molecular complexity index is 857. The van der Waals surface area contributed by atoms with E-state index in [1.165, 1.54) is 12.1 Å². The van der Waals surface area contributed by atoms with Gasteiger partial charge in [-0.1, -0.05) is 0 Å². The van der Waals surface area contributed by atoms with Gasteiger partial charge < -0.3 is 10.0 Å². The highest BCUT2D eigenvalue weighted by Gasteiger charge is 2.29. The van der Waals surface area contributed by atoms with Gasteiger partial charge in [0.2, 0.25) is 0 Å². The van der Waals surface area contributed by atoms with Crippen molar-refractivity contribution in [3.63, 3.8) is 0 Å². The Labute approximate surface area is 138 Å². The van der Waals surface area contributed by atoms with E-state index in [1.54, 1.807) is 23.6 Å². The number of carboxylic acids is 1. The first-order valence-electron chi connectivity index (χ1n) is 7.64. The first-order chi connectivity index (χ1) is 11.3. The maximum atomic E-state index is 14.0. The predicted octanol–water partition coefficient (Wildman–Crippen LogP) is 2.07. The molecule has 0 aliphatic carbocycles. The Kier molecular flexibility index (Phi) is 3.87. The van der Waals surface area contributed by atoms with Gasteiger partial charge in [0, 0.05) is 25.8 Å². The van der Waals surface area contributed by atoms with Crippen LogP contribution in [0.5, 0.6) is 0 Å². The number of rotatable bonds is 2. The fraction of sp³-hybridized carbons (Fsp3) is 0.353. The molecule has 1 aliphatic heterocycles. The van der Waals surface area contributed by atoms with Gasteiger partial charge in [0.25, 0.3) is 5.91 Å². The number of carboxylic acid groups (broad SMARTS) is 1. The van der Waals surface area contributed by atoms with Gasteiger partial charge >= 0.3 is 5.97 Å². The molecule has 3 rings (SSSR count). The van der Waals surface area contributed by atoms with Crippen molar-refractivity contribution in [3.8, 4) is 0 Å². The van der Waals surface area contributed by atoms with Crippen LogP contribution < -0.4 is 0 Å². The standard InChI is InChI=1S/C17H18FN3O3/c1-9-15(10(2)20(3)19-9)16(22)21-7-6-11-13(8-21)12(17(23)24)4-5-14(11)18/h4-5H,6-8H2,1-3H3,(H,23,24). The highest BCUT2D eigenvalue weighted by Crippen LogP contribution is 2.27. The number of amides is 1. The second-order valence-corrected chi connectivity index (χ2v) is 6.00. The lowest BCUT2D eigenvalue weighted by Gasteiger charge is -2.30. The third-order valence-electron chi connectivity index (χ3n) is 4.60. The maximum Gasteiger partial charge on any atom is 0.336 e. The highest BCUT2D eigenvalue weighted by atomic mass is 19.1. The molecular weight excluding hydrogens is 313 g/mol. The average Bonchev–Trinajstić information content (AvgIpc) is 2.79. The average molecular weight is 331 g/mol. The molecule has 1 N–H and O–H groups in total. The summed E-state index contributed by atoms with van der Waals surface area (Å²) in [7, 11) is 1.77. The van der Waals surface area contributed by atoms with Crippen LogP contribution >= 0.6 is 0 Å².